The Bertz CT molecular complexity index is 631. The van der Waals surface area contributed by atoms with Crippen molar-refractivity contribution in [1.29, 1.82) is 0 Å². The van der Waals surface area contributed by atoms with Gasteiger partial charge in [0, 0.05) is 35.5 Å². The van der Waals surface area contributed by atoms with Crippen LogP contribution in [-0.4, -0.2) is 24.5 Å². The van der Waals surface area contributed by atoms with Crippen LogP contribution in [0.3, 0.4) is 0 Å². The van der Waals surface area contributed by atoms with Crippen LogP contribution < -0.4 is 10.6 Å². The Morgan fingerprint density at radius 2 is 2.18 bits per heavy atom. The number of rotatable bonds is 6. The van der Waals surface area contributed by atoms with E-state index in [2.05, 4.69) is 21.7 Å². The van der Waals surface area contributed by atoms with E-state index in [1.165, 1.54) is 11.3 Å². The average molecular weight is 360 g/mol. The monoisotopic (exact) mass is 359 g/mol. The van der Waals surface area contributed by atoms with E-state index in [1.807, 2.05) is 26.1 Å². The summed E-state index contributed by atoms with van der Waals surface area (Å²) in [6.07, 6.45) is 3.01. The number of carbonyl (C=O) groups excluding carboxylic acids is 1. The minimum absolute atomic E-state index is 0. The fourth-order valence-corrected chi connectivity index (χ4v) is 2.88. The third-order valence-electron chi connectivity index (χ3n) is 3.02. The zero-order chi connectivity index (χ0) is 15.2. The maximum absolute atomic E-state index is 11.6. The summed E-state index contributed by atoms with van der Waals surface area (Å²) < 4.78 is 0. The second-order valence-corrected chi connectivity index (χ2v) is 6.32. The molecule has 1 aromatic carbocycles. The average Bonchev–Trinajstić information content (AvgIpc) is 2.88. The van der Waals surface area contributed by atoms with E-state index in [9.17, 15) is 4.79 Å². The number of hydrogen-bond donors (Lipinski definition) is 2. The first-order valence-electron chi connectivity index (χ1n) is 6.72. The molecule has 1 amide bonds. The molecule has 0 saturated carbocycles. The van der Waals surface area contributed by atoms with Crippen molar-refractivity contribution >= 4 is 46.4 Å². The number of halogens is 2. The van der Waals surface area contributed by atoms with E-state index >= 15 is 0 Å². The van der Waals surface area contributed by atoms with Gasteiger partial charge >= 0.3 is 0 Å². The smallest absolute Gasteiger partial charge is 0.227 e. The van der Waals surface area contributed by atoms with Crippen molar-refractivity contribution in [3.63, 3.8) is 0 Å². The van der Waals surface area contributed by atoms with Crippen LogP contribution in [0.2, 0.25) is 5.02 Å². The summed E-state index contributed by atoms with van der Waals surface area (Å²) in [4.78, 5) is 16.9. The Hall–Kier alpha value is -1.14. The van der Waals surface area contributed by atoms with Crippen molar-refractivity contribution in [3.05, 3.63) is 45.4 Å². The van der Waals surface area contributed by atoms with Gasteiger partial charge < -0.3 is 10.6 Å². The van der Waals surface area contributed by atoms with Crippen LogP contribution in [0.25, 0.3) is 0 Å². The molecule has 7 heteroatoms. The van der Waals surface area contributed by atoms with E-state index in [-0.39, 0.29) is 18.3 Å². The summed E-state index contributed by atoms with van der Waals surface area (Å²) in [5.41, 5.74) is 2.21. The van der Waals surface area contributed by atoms with Gasteiger partial charge in [0.15, 0.2) is 5.13 Å². The molecule has 120 valence electrons. The summed E-state index contributed by atoms with van der Waals surface area (Å²) in [6, 6.07) is 6.05. The van der Waals surface area contributed by atoms with Crippen molar-refractivity contribution in [2.24, 2.45) is 0 Å². The number of carbonyl (C=O) groups is 1. The molecule has 2 N–H and O–H groups in total. The summed E-state index contributed by atoms with van der Waals surface area (Å²) in [5, 5.41) is 7.17. The van der Waals surface area contributed by atoms with Crippen LogP contribution in [0.5, 0.6) is 0 Å². The van der Waals surface area contributed by atoms with Gasteiger partial charge in [-0.3, -0.25) is 4.79 Å². The number of thiazole rings is 1. The largest absolute Gasteiger partial charge is 0.319 e. The van der Waals surface area contributed by atoms with Gasteiger partial charge in [-0.25, -0.2) is 4.98 Å². The number of amides is 1. The van der Waals surface area contributed by atoms with E-state index in [4.69, 9.17) is 11.6 Å². The molecule has 0 saturated heterocycles. The van der Waals surface area contributed by atoms with E-state index in [0.717, 1.165) is 27.4 Å². The van der Waals surface area contributed by atoms with Crippen LogP contribution in [0.15, 0.2) is 24.4 Å². The molecule has 2 aromatic rings. The standard InChI is InChI=1S/C15H18ClN3OS.ClH/c1-10-3-4-11(8-13(10)16)7-12-9-18-15(21-12)19-14(20)5-6-17-2;/h3-4,8-9,17H,5-7H2,1-2H3,(H,18,19,20);1H. The van der Waals surface area contributed by atoms with E-state index in [0.29, 0.717) is 18.1 Å². The molecule has 0 aliphatic carbocycles. The summed E-state index contributed by atoms with van der Waals surface area (Å²) in [6.45, 7) is 2.64. The van der Waals surface area contributed by atoms with Gasteiger partial charge in [-0.2, -0.15) is 0 Å². The number of nitrogens with zero attached hydrogens (tertiary/aromatic N) is 1. The maximum Gasteiger partial charge on any atom is 0.227 e. The highest BCUT2D eigenvalue weighted by Crippen LogP contribution is 2.23. The first-order chi connectivity index (χ1) is 10.1. The van der Waals surface area contributed by atoms with Gasteiger partial charge in [0.1, 0.15) is 0 Å². The number of anilines is 1. The quantitative estimate of drug-likeness (QED) is 0.827. The molecule has 0 aliphatic heterocycles. The summed E-state index contributed by atoms with van der Waals surface area (Å²) in [7, 11) is 1.82. The molecular formula is C15H19Cl2N3OS. The number of nitrogens with one attached hydrogen (secondary N) is 2. The van der Waals surface area contributed by atoms with Crippen molar-refractivity contribution in [2.75, 3.05) is 18.9 Å². The van der Waals surface area contributed by atoms with E-state index < -0.39 is 0 Å². The first-order valence-corrected chi connectivity index (χ1v) is 7.92. The normalized spacial score (nSPS) is 10.1. The van der Waals surface area contributed by atoms with Crippen molar-refractivity contribution < 1.29 is 4.79 Å². The van der Waals surface area contributed by atoms with Crippen LogP contribution in [0.1, 0.15) is 22.4 Å². The lowest BCUT2D eigenvalue weighted by Gasteiger charge is -2.02. The number of aryl methyl sites for hydroxylation is 1. The number of benzene rings is 1. The minimum atomic E-state index is -0.0244. The van der Waals surface area contributed by atoms with Crippen LogP contribution in [0.4, 0.5) is 5.13 Å². The Morgan fingerprint density at radius 3 is 2.86 bits per heavy atom. The van der Waals surface area contributed by atoms with Crippen molar-refractivity contribution in [2.45, 2.75) is 19.8 Å². The molecule has 2 rings (SSSR count). The highest BCUT2D eigenvalue weighted by Gasteiger charge is 2.07. The van der Waals surface area contributed by atoms with Crippen LogP contribution in [-0.2, 0) is 11.2 Å². The fourth-order valence-electron chi connectivity index (χ4n) is 1.81. The predicted molar refractivity (Wildman–Crippen MR) is 95.5 cm³/mol. The molecule has 0 radical (unpaired) electrons. The molecule has 0 unspecified atom stereocenters. The number of hydrogen-bond acceptors (Lipinski definition) is 4. The first kappa shape index (κ1) is 18.9. The van der Waals surface area contributed by atoms with Crippen molar-refractivity contribution in [1.82, 2.24) is 10.3 Å². The zero-order valence-electron chi connectivity index (χ0n) is 12.5. The predicted octanol–water partition coefficient (Wildman–Crippen LogP) is 3.67. The Kier molecular flexibility index (Phi) is 7.82. The molecule has 0 bridgehead atoms. The van der Waals surface area contributed by atoms with Gasteiger partial charge in [0.2, 0.25) is 5.91 Å². The second kappa shape index (κ2) is 9.10. The summed E-state index contributed by atoms with van der Waals surface area (Å²) >= 11 is 7.62. The highest BCUT2D eigenvalue weighted by molar-refractivity contribution is 7.15. The Labute approximate surface area is 145 Å². The molecule has 0 atom stereocenters. The van der Waals surface area contributed by atoms with E-state index in [1.54, 1.807) is 6.20 Å². The third kappa shape index (κ3) is 5.57. The Morgan fingerprint density at radius 1 is 1.41 bits per heavy atom. The van der Waals surface area contributed by atoms with Crippen molar-refractivity contribution in [3.8, 4) is 0 Å². The molecule has 0 aliphatic rings. The van der Waals surface area contributed by atoms with Gasteiger partial charge in [-0.05, 0) is 31.2 Å². The molecule has 1 heterocycles. The lowest BCUT2D eigenvalue weighted by molar-refractivity contribution is -0.116. The molecule has 4 nitrogen and oxygen atoms in total. The maximum atomic E-state index is 11.6. The highest BCUT2D eigenvalue weighted by atomic mass is 35.5. The zero-order valence-corrected chi connectivity index (χ0v) is 14.9. The van der Waals surface area contributed by atoms with Gasteiger partial charge in [0.05, 0.1) is 0 Å². The topological polar surface area (TPSA) is 54.0 Å². The molecule has 1 aromatic heterocycles. The third-order valence-corrected chi connectivity index (χ3v) is 4.34. The van der Waals surface area contributed by atoms with Gasteiger partial charge in [-0.15, -0.1) is 23.7 Å². The fraction of sp³-hybridized carbons (Fsp3) is 0.333. The van der Waals surface area contributed by atoms with Gasteiger partial charge in [0.25, 0.3) is 0 Å². The lowest BCUT2D eigenvalue weighted by atomic mass is 10.1. The van der Waals surface area contributed by atoms with Gasteiger partial charge in [-0.1, -0.05) is 23.7 Å². The minimum Gasteiger partial charge on any atom is -0.319 e. The Balaban J connectivity index is 0.00000242. The molecule has 0 spiro atoms. The SMILES string of the molecule is CNCCC(=O)Nc1ncc(Cc2ccc(C)c(Cl)c2)s1.Cl. The summed E-state index contributed by atoms with van der Waals surface area (Å²) in [5.74, 6) is -0.0244. The molecular weight excluding hydrogens is 341 g/mol. The second-order valence-electron chi connectivity index (χ2n) is 4.79. The molecule has 22 heavy (non-hydrogen) atoms. The van der Waals surface area contributed by atoms with Crippen LogP contribution in [0, 0.1) is 6.92 Å². The lowest BCUT2D eigenvalue weighted by Crippen LogP contribution is -2.18. The van der Waals surface area contributed by atoms with Crippen LogP contribution >= 0.6 is 35.3 Å². The number of aromatic nitrogens is 1. The molecule has 0 fully saturated rings.